The van der Waals surface area contributed by atoms with E-state index in [-0.39, 0.29) is 152 Å². The molecule has 0 aliphatic heterocycles. The Kier molecular flexibility index (Phi) is 365. The Balaban J connectivity index is 0. The summed E-state index contributed by atoms with van der Waals surface area (Å²) in [5, 5.41) is 0. The second kappa shape index (κ2) is 44.0. The van der Waals surface area contributed by atoms with Crippen molar-refractivity contribution in [2.75, 3.05) is 0 Å². The van der Waals surface area contributed by atoms with Gasteiger partial charge < -0.3 is 0 Å². The summed E-state index contributed by atoms with van der Waals surface area (Å²) in [6, 6.07) is 0. The van der Waals surface area contributed by atoms with Gasteiger partial charge in [-0.15, -0.1) is 0 Å². The average Bonchev–Trinajstić information content (AvgIpc) is 0. The molecule has 0 saturated carbocycles. The van der Waals surface area contributed by atoms with Crippen LogP contribution in [0, 0.1) is 0 Å². The zero-order chi connectivity index (χ0) is 0. The third-order valence-electron chi connectivity index (χ3n) is 0. The molecule has 28 valence electrons. The fraction of sp³-hybridized carbons (Fsp3) is 0. The van der Waals surface area contributed by atoms with Gasteiger partial charge in [0.15, 0.2) is 0 Å². The molecular formula is Ti7. The maximum atomic E-state index is 0. The van der Waals surface area contributed by atoms with Crippen molar-refractivity contribution in [3.63, 3.8) is 0 Å². The molecular weight excluding hydrogens is 335 g/mol. The van der Waals surface area contributed by atoms with Gasteiger partial charge in [-0.05, 0) is 0 Å². The van der Waals surface area contributed by atoms with E-state index in [4.69, 9.17) is 0 Å². The first-order valence-electron chi connectivity index (χ1n) is 0. The van der Waals surface area contributed by atoms with Crippen molar-refractivity contribution >= 4 is 0 Å². The summed E-state index contributed by atoms with van der Waals surface area (Å²) in [6.07, 6.45) is 0. The molecule has 0 unspecified atom stereocenters. The number of hydrogen-bond donors (Lipinski definition) is 0. The van der Waals surface area contributed by atoms with E-state index in [0.29, 0.717) is 0 Å². The zero-order valence-electron chi connectivity index (χ0n) is 3.50. The minimum atomic E-state index is 0. The third-order valence-corrected chi connectivity index (χ3v) is 0. The normalized spacial score (nSPS) is 0. The van der Waals surface area contributed by atoms with Crippen LogP contribution in [-0.2, 0) is 152 Å². The van der Waals surface area contributed by atoms with Crippen molar-refractivity contribution in [3.05, 3.63) is 0 Å². The fourth-order valence-electron chi connectivity index (χ4n) is 0. The Morgan fingerprint density at radius 1 is 0.143 bits per heavy atom. The van der Waals surface area contributed by atoms with Gasteiger partial charge in [-0.1, -0.05) is 0 Å². The van der Waals surface area contributed by atoms with Crippen LogP contribution in [0.1, 0.15) is 0 Å². The van der Waals surface area contributed by atoms with Gasteiger partial charge in [-0.25, -0.2) is 0 Å². The van der Waals surface area contributed by atoms with Crippen molar-refractivity contribution in [1.29, 1.82) is 0 Å². The van der Waals surface area contributed by atoms with Crippen molar-refractivity contribution in [2.24, 2.45) is 0 Å². The van der Waals surface area contributed by atoms with Gasteiger partial charge in [0, 0.05) is 152 Å². The minimum Gasteiger partial charge on any atom is 0 e. The SMILES string of the molecule is [Ti].[Ti].[Ti].[Ti].[Ti].[Ti].[Ti]. The van der Waals surface area contributed by atoms with Crippen LogP contribution in [0.25, 0.3) is 0 Å². The molecule has 7 heavy (non-hydrogen) atoms. The van der Waals surface area contributed by atoms with Crippen molar-refractivity contribution in [2.45, 2.75) is 0 Å². The molecule has 0 saturated heterocycles. The summed E-state index contributed by atoms with van der Waals surface area (Å²) in [6.45, 7) is 0. The molecule has 0 aliphatic rings. The van der Waals surface area contributed by atoms with E-state index in [2.05, 4.69) is 0 Å². The first-order valence-corrected chi connectivity index (χ1v) is 0. The van der Waals surface area contributed by atoms with E-state index in [1.807, 2.05) is 0 Å². The summed E-state index contributed by atoms with van der Waals surface area (Å²) in [4.78, 5) is 0. The smallest absolute Gasteiger partial charge is 0 e. The van der Waals surface area contributed by atoms with Crippen LogP contribution in [-0.4, -0.2) is 0 Å². The predicted octanol–water partition coefficient (Wildman–Crippen LogP) is -0.0175. The van der Waals surface area contributed by atoms with Crippen LogP contribution in [0.15, 0.2) is 0 Å². The van der Waals surface area contributed by atoms with Crippen LogP contribution < -0.4 is 0 Å². The Morgan fingerprint density at radius 3 is 0.143 bits per heavy atom. The Labute approximate surface area is 148 Å². The quantitative estimate of drug-likeness (QED) is 0.546. The van der Waals surface area contributed by atoms with E-state index in [1.165, 1.54) is 0 Å². The van der Waals surface area contributed by atoms with Crippen molar-refractivity contribution < 1.29 is 152 Å². The first-order chi connectivity index (χ1) is 0. The van der Waals surface area contributed by atoms with Gasteiger partial charge in [-0.2, -0.15) is 0 Å². The summed E-state index contributed by atoms with van der Waals surface area (Å²) in [5.41, 5.74) is 0. The van der Waals surface area contributed by atoms with Gasteiger partial charge in [0.1, 0.15) is 0 Å². The molecule has 0 rings (SSSR count). The molecule has 0 atom stereocenters. The standard InChI is InChI=1S/7Ti. The van der Waals surface area contributed by atoms with Crippen molar-refractivity contribution in [1.82, 2.24) is 0 Å². The molecule has 0 bridgehead atoms. The van der Waals surface area contributed by atoms with E-state index >= 15 is 0 Å². The van der Waals surface area contributed by atoms with Crippen LogP contribution in [0.2, 0.25) is 0 Å². The van der Waals surface area contributed by atoms with Crippen molar-refractivity contribution in [3.8, 4) is 0 Å². The van der Waals surface area contributed by atoms with E-state index in [0.717, 1.165) is 0 Å². The fourth-order valence-corrected chi connectivity index (χ4v) is 0. The van der Waals surface area contributed by atoms with Gasteiger partial charge in [-0.3, -0.25) is 0 Å². The van der Waals surface area contributed by atoms with Gasteiger partial charge in [0.2, 0.25) is 0 Å². The largest absolute Gasteiger partial charge is 0 e. The monoisotopic (exact) mass is 336 g/mol. The van der Waals surface area contributed by atoms with Crippen LogP contribution in [0.3, 0.4) is 0 Å². The molecule has 0 aromatic carbocycles. The second-order valence-corrected chi connectivity index (χ2v) is 0. The first kappa shape index (κ1) is 58.1. The van der Waals surface area contributed by atoms with Crippen LogP contribution in [0.5, 0.6) is 0 Å². The molecule has 0 heterocycles. The molecule has 0 radical (unpaired) electrons. The number of rotatable bonds is 0. The molecule has 0 aromatic heterocycles. The van der Waals surface area contributed by atoms with E-state index < -0.39 is 0 Å². The Hall–Kier alpha value is 5.00. The third kappa shape index (κ3) is 35.6. The molecule has 0 amide bonds. The second-order valence-electron chi connectivity index (χ2n) is 0. The molecule has 7 heteroatoms. The average molecular weight is 335 g/mol. The van der Waals surface area contributed by atoms with Gasteiger partial charge >= 0.3 is 0 Å². The molecule has 0 aliphatic carbocycles. The molecule has 0 fully saturated rings. The summed E-state index contributed by atoms with van der Waals surface area (Å²) >= 11 is 0. The minimum absolute atomic E-state index is 0. The number of hydrogen-bond acceptors (Lipinski definition) is 0. The van der Waals surface area contributed by atoms with Crippen LogP contribution >= 0.6 is 0 Å². The van der Waals surface area contributed by atoms with E-state index in [9.17, 15) is 0 Å². The molecule has 0 N–H and O–H groups in total. The Bertz CT molecular complexity index is 0. The van der Waals surface area contributed by atoms with Crippen LogP contribution in [0.4, 0.5) is 0 Å². The molecule has 0 spiro atoms. The Morgan fingerprint density at radius 2 is 0.143 bits per heavy atom. The molecule has 0 nitrogen and oxygen atoms in total. The summed E-state index contributed by atoms with van der Waals surface area (Å²) in [5.74, 6) is 0. The molecule has 0 aromatic rings. The van der Waals surface area contributed by atoms with Gasteiger partial charge in [0.05, 0.1) is 0 Å². The maximum Gasteiger partial charge on any atom is 0 e. The zero-order valence-corrected chi connectivity index (χ0v) is 14.4. The summed E-state index contributed by atoms with van der Waals surface area (Å²) in [7, 11) is 0. The topological polar surface area (TPSA) is 0 Å². The van der Waals surface area contributed by atoms with E-state index in [1.54, 1.807) is 0 Å². The predicted molar refractivity (Wildman–Crippen MR) is 0 cm³/mol. The maximum absolute atomic E-state index is 0. The summed E-state index contributed by atoms with van der Waals surface area (Å²) < 4.78 is 0. The van der Waals surface area contributed by atoms with Gasteiger partial charge in [0.25, 0.3) is 0 Å².